The Hall–Kier alpha value is -2.69. The predicted molar refractivity (Wildman–Crippen MR) is 108 cm³/mol. The van der Waals surface area contributed by atoms with E-state index in [1.54, 1.807) is 0 Å². The van der Waals surface area contributed by atoms with E-state index in [9.17, 15) is 4.79 Å². The van der Waals surface area contributed by atoms with Gasteiger partial charge in [0.1, 0.15) is 17.6 Å². The number of carbonyl (C=O) groups is 1. The fraction of sp³-hybridized carbons (Fsp3) is 0.409. The van der Waals surface area contributed by atoms with Gasteiger partial charge in [-0.2, -0.15) is 0 Å². The van der Waals surface area contributed by atoms with Gasteiger partial charge in [0, 0.05) is 12.6 Å². The van der Waals surface area contributed by atoms with Gasteiger partial charge in [-0.15, -0.1) is 0 Å². The first-order chi connectivity index (χ1) is 13.0. The van der Waals surface area contributed by atoms with Gasteiger partial charge >= 0.3 is 0 Å². The minimum Gasteiger partial charge on any atom is -0.494 e. The molecule has 1 heterocycles. The van der Waals surface area contributed by atoms with Crippen molar-refractivity contribution in [2.45, 2.75) is 39.3 Å². The summed E-state index contributed by atoms with van der Waals surface area (Å²) in [6.45, 7) is 8.10. The Balaban J connectivity index is 1.46. The Kier molecular flexibility index (Phi) is 6.22. The van der Waals surface area contributed by atoms with Crippen LogP contribution in [-0.4, -0.2) is 31.7 Å². The molecule has 1 saturated heterocycles. The number of benzene rings is 2. The van der Waals surface area contributed by atoms with Crippen molar-refractivity contribution in [1.82, 2.24) is 5.32 Å². The van der Waals surface area contributed by atoms with Crippen molar-refractivity contribution in [2.75, 3.05) is 24.6 Å². The fourth-order valence-corrected chi connectivity index (χ4v) is 3.11. The van der Waals surface area contributed by atoms with Crippen molar-refractivity contribution in [3.05, 3.63) is 54.1 Å². The molecular formula is C22H28N2O3. The zero-order valence-corrected chi connectivity index (χ0v) is 16.3. The van der Waals surface area contributed by atoms with Crippen LogP contribution in [0.1, 0.15) is 38.8 Å². The second-order valence-electron chi connectivity index (χ2n) is 6.98. The first-order valence-electron chi connectivity index (χ1n) is 9.56. The average molecular weight is 368 g/mol. The van der Waals surface area contributed by atoms with Crippen LogP contribution in [0.3, 0.4) is 0 Å². The minimum atomic E-state index is -0.0256. The third-order valence-corrected chi connectivity index (χ3v) is 4.63. The fourth-order valence-electron chi connectivity index (χ4n) is 3.11. The molecule has 144 valence electrons. The summed E-state index contributed by atoms with van der Waals surface area (Å²) in [5.41, 5.74) is 2.26. The summed E-state index contributed by atoms with van der Waals surface area (Å²) in [4.78, 5) is 13.4. The standard InChI is InChI=1S/C22H28N2O3/c1-4-13-26-20-11-7-19(8-12-20)24-14-22(15-24)27-21-9-5-18(6-10-21)16(2)23-17(3)25/h5-12,16,22H,4,13-15H2,1-3H3,(H,23,25)/t16-/m0/s1. The Morgan fingerprint density at radius 3 is 2.33 bits per heavy atom. The number of nitrogens with one attached hydrogen (secondary N) is 1. The Morgan fingerprint density at radius 2 is 1.74 bits per heavy atom. The zero-order valence-electron chi connectivity index (χ0n) is 16.3. The molecule has 0 radical (unpaired) electrons. The highest BCUT2D eigenvalue weighted by atomic mass is 16.5. The number of anilines is 1. The quantitative estimate of drug-likeness (QED) is 0.767. The molecule has 1 N–H and O–H groups in total. The largest absolute Gasteiger partial charge is 0.494 e. The molecule has 1 aliphatic rings. The van der Waals surface area contributed by atoms with E-state index >= 15 is 0 Å². The van der Waals surface area contributed by atoms with E-state index in [4.69, 9.17) is 9.47 Å². The molecule has 1 atom stereocenters. The van der Waals surface area contributed by atoms with E-state index < -0.39 is 0 Å². The SMILES string of the molecule is CCCOc1ccc(N2CC(Oc3ccc([C@H](C)NC(C)=O)cc3)C2)cc1. The number of hydrogen-bond donors (Lipinski definition) is 1. The van der Waals surface area contributed by atoms with Crippen LogP contribution in [0, 0.1) is 0 Å². The molecule has 1 aliphatic heterocycles. The Bertz CT molecular complexity index is 737. The topological polar surface area (TPSA) is 50.8 Å². The molecule has 1 fully saturated rings. The molecule has 0 aliphatic carbocycles. The van der Waals surface area contributed by atoms with Crippen LogP contribution in [0.5, 0.6) is 11.5 Å². The molecule has 27 heavy (non-hydrogen) atoms. The van der Waals surface area contributed by atoms with E-state index in [1.807, 2.05) is 43.3 Å². The molecule has 2 aromatic rings. The third kappa shape index (κ3) is 5.16. The van der Waals surface area contributed by atoms with Crippen LogP contribution in [-0.2, 0) is 4.79 Å². The first-order valence-corrected chi connectivity index (χ1v) is 9.56. The molecule has 5 nitrogen and oxygen atoms in total. The van der Waals surface area contributed by atoms with Crippen molar-refractivity contribution in [3.8, 4) is 11.5 Å². The van der Waals surface area contributed by atoms with Gasteiger partial charge < -0.3 is 19.7 Å². The van der Waals surface area contributed by atoms with E-state index in [0.29, 0.717) is 0 Å². The second-order valence-corrected chi connectivity index (χ2v) is 6.98. The smallest absolute Gasteiger partial charge is 0.217 e. The van der Waals surface area contributed by atoms with Gasteiger partial charge in [-0.25, -0.2) is 0 Å². The molecule has 0 bridgehead atoms. The highest BCUT2D eigenvalue weighted by Gasteiger charge is 2.28. The number of carbonyl (C=O) groups excluding carboxylic acids is 1. The first kappa shape index (κ1) is 19.1. The maximum atomic E-state index is 11.2. The predicted octanol–water partition coefficient (Wildman–Crippen LogP) is 3.94. The summed E-state index contributed by atoms with van der Waals surface area (Å²) >= 11 is 0. The monoisotopic (exact) mass is 368 g/mol. The van der Waals surface area contributed by atoms with Gasteiger partial charge in [0.05, 0.1) is 25.7 Å². The number of ether oxygens (including phenoxy) is 2. The third-order valence-electron chi connectivity index (χ3n) is 4.63. The number of rotatable bonds is 8. The normalized spacial score (nSPS) is 15.0. The highest BCUT2D eigenvalue weighted by molar-refractivity contribution is 5.73. The van der Waals surface area contributed by atoms with Gasteiger partial charge in [0.25, 0.3) is 0 Å². The van der Waals surface area contributed by atoms with Gasteiger partial charge in [-0.3, -0.25) is 4.79 Å². The lowest BCUT2D eigenvalue weighted by Gasteiger charge is -2.40. The Morgan fingerprint density at radius 1 is 1.11 bits per heavy atom. The molecule has 3 rings (SSSR count). The molecule has 5 heteroatoms. The summed E-state index contributed by atoms with van der Waals surface area (Å²) < 4.78 is 11.7. The maximum absolute atomic E-state index is 11.2. The van der Waals surface area contributed by atoms with Crippen LogP contribution in [0.4, 0.5) is 5.69 Å². The zero-order chi connectivity index (χ0) is 19.2. The van der Waals surface area contributed by atoms with Crippen LogP contribution >= 0.6 is 0 Å². The lowest BCUT2D eigenvalue weighted by atomic mass is 10.1. The molecular weight excluding hydrogens is 340 g/mol. The van der Waals surface area contributed by atoms with Gasteiger partial charge in [-0.1, -0.05) is 19.1 Å². The van der Waals surface area contributed by atoms with Crippen molar-refractivity contribution in [1.29, 1.82) is 0 Å². The summed E-state index contributed by atoms with van der Waals surface area (Å²) in [5.74, 6) is 1.76. The van der Waals surface area contributed by atoms with Crippen LogP contribution in [0.2, 0.25) is 0 Å². The summed E-state index contributed by atoms with van der Waals surface area (Å²) in [7, 11) is 0. The molecule has 0 aromatic heterocycles. The van der Waals surface area contributed by atoms with E-state index in [1.165, 1.54) is 12.6 Å². The molecule has 0 spiro atoms. The van der Waals surface area contributed by atoms with Crippen LogP contribution in [0.25, 0.3) is 0 Å². The molecule has 1 amide bonds. The van der Waals surface area contributed by atoms with E-state index in [2.05, 4.69) is 29.3 Å². The second kappa shape index (κ2) is 8.80. The van der Waals surface area contributed by atoms with E-state index in [-0.39, 0.29) is 18.1 Å². The number of nitrogens with zero attached hydrogens (tertiary/aromatic N) is 1. The minimum absolute atomic E-state index is 0.0000202. The average Bonchev–Trinajstić information content (AvgIpc) is 2.63. The number of hydrogen-bond acceptors (Lipinski definition) is 4. The Labute approximate surface area is 161 Å². The highest BCUT2D eigenvalue weighted by Crippen LogP contribution is 2.27. The van der Waals surface area contributed by atoms with Gasteiger partial charge in [0.15, 0.2) is 0 Å². The van der Waals surface area contributed by atoms with Crippen LogP contribution in [0.15, 0.2) is 48.5 Å². The van der Waals surface area contributed by atoms with Gasteiger partial charge in [0.2, 0.25) is 5.91 Å². The van der Waals surface area contributed by atoms with Crippen LogP contribution < -0.4 is 19.7 Å². The lowest BCUT2D eigenvalue weighted by molar-refractivity contribution is -0.119. The molecule has 0 unspecified atom stereocenters. The number of amides is 1. The summed E-state index contributed by atoms with van der Waals surface area (Å²) in [5, 5.41) is 2.89. The maximum Gasteiger partial charge on any atom is 0.217 e. The van der Waals surface area contributed by atoms with Crippen molar-refractivity contribution < 1.29 is 14.3 Å². The summed E-state index contributed by atoms with van der Waals surface area (Å²) in [6.07, 6.45) is 1.21. The van der Waals surface area contributed by atoms with Gasteiger partial charge in [-0.05, 0) is 55.3 Å². The summed E-state index contributed by atoms with van der Waals surface area (Å²) in [6, 6.07) is 16.2. The van der Waals surface area contributed by atoms with Crippen molar-refractivity contribution >= 4 is 11.6 Å². The molecule has 0 saturated carbocycles. The van der Waals surface area contributed by atoms with Crippen molar-refractivity contribution in [3.63, 3.8) is 0 Å². The lowest BCUT2D eigenvalue weighted by Crippen LogP contribution is -2.54. The molecule has 2 aromatic carbocycles. The van der Waals surface area contributed by atoms with Crippen molar-refractivity contribution in [2.24, 2.45) is 0 Å². The van der Waals surface area contributed by atoms with E-state index in [0.717, 1.165) is 43.2 Å².